The van der Waals surface area contributed by atoms with Gasteiger partial charge in [-0.25, -0.2) is 0 Å². The number of carbonyl (C=O) groups is 1. The van der Waals surface area contributed by atoms with Gasteiger partial charge in [0, 0.05) is 12.6 Å². The molecule has 0 aliphatic carbocycles. The first-order valence-corrected chi connectivity index (χ1v) is 8.41. The van der Waals surface area contributed by atoms with Gasteiger partial charge < -0.3 is 19.9 Å². The summed E-state index contributed by atoms with van der Waals surface area (Å²) in [6.45, 7) is 3.01. The molecule has 1 aliphatic rings. The van der Waals surface area contributed by atoms with Crippen LogP contribution >= 0.6 is 0 Å². The lowest BCUT2D eigenvalue weighted by atomic mass is 10.1. The van der Waals surface area contributed by atoms with Crippen molar-refractivity contribution < 1.29 is 19.0 Å². The maximum Gasteiger partial charge on any atom is 0.307 e. The van der Waals surface area contributed by atoms with Crippen molar-refractivity contribution in [2.75, 3.05) is 6.61 Å². The van der Waals surface area contributed by atoms with Crippen LogP contribution < -0.4 is 5.73 Å². The second-order valence-electron chi connectivity index (χ2n) is 5.89. The Morgan fingerprint density at radius 2 is 2.13 bits per heavy atom. The Hall–Kier alpha value is -1.43. The van der Waals surface area contributed by atoms with E-state index in [1.807, 2.05) is 37.3 Å². The predicted molar refractivity (Wildman–Crippen MR) is 87.6 cm³/mol. The monoisotopic (exact) mass is 321 g/mol. The van der Waals surface area contributed by atoms with E-state index in [-0.39, 0.29) is 37.4 Å². The molecule has 0 saturated carbocycles. The van der Waals surface area contributed by atoms with Crippen LogP contribution in [0.4, 0.5) is 0 Å². The molecule has 128 valence electrons. The molecule has 2 N–H and O–H groups in total. The van der Waals surface area contributed by atoms with Crippen LogP contribution in [0.2, 0.25) is 0 Å². The standard InChI is InChI=1S/C18H27NO4/c1-2-16(23-18-10-6-7-11-21-18)15(19)12-17(20)22-13-14-8-4-3-5-9-14/h3-5,8-9,15-16,18H,2,6-7,10-13,19H2,1H3/t15-,16?,18?/m0/s1. The lowest BCUT2D eigenvalue weighted by Gasteiger charge is -2.30. The molecule has 1 heterocycles. The van der Waals surface area contributed by atoms with Gasteiger partial charge in [-0.15, -0.1) is 0 Å². The van der Waals surface area contributed by atoms with E-state index < -0.39 is 0 Å². The third-order valence-corrected chi connectivity index (χ3v) is 3.99. The third kappa shape index (κ3) is 6.29. The summed E-state index contributed by atoms with van der Waals surface area (Å²) < 4.78 is 16.8. The molecule has 5 nitrogen and oxygen atoms in total. The molecule has 1 aromatic carbocycles. The minimum atomic E-state index is -0.381. The fourth-order valence-electron chi connectivity index (χ4n) is 2.63. The first-order chi connectivity index (χ1) is 11.2. The van der Waals surface area contributed by atoms with Gasteiger partial charge in [0.05, 0.1) is 12.5 Å². The second-order valence-corrected chi connectivity index (χ2v) is 5.89. The Balaban J connectivity index is 1.74. The van der Waals surface area contributed by atoms with E-state index in [0.717, 1.165) is 37.9 Å². The van der Waals surface area contributed by atoms with Crippen molar-refractivity contribution in [1.29, 1.82) is 0 Å². The molecule has 2 unspecified atom stereocenters. The zero-order valence-corrected chi connectivity index (χ0v) is 13.8. The van der Waals surface area contributed by atoms with Crippen molar-refractivity contribution in [3.05, 3.63) is 35.9 Å². The molecule has 5 heteroatoms. The van der Waals surface area contributed by atoms with Crippen LogP contribution in [0.25, 0.3) is 0 Å². The molecule has 1 aliphatic heterocycles. The zero-order chi connectivity index (χ0) is 16.5. The van der Waals surface area contributed by atoms with E-state index in [2.05, 4.69) is 0 Å². The van der Waals surface area contributed by atoms with E-state index in [9.17, 15) is 4.79 Å². The van der Waals surface area contributed by atoms with Gasteiger partial charge in [0.1, 0.15) is 6.61 Å². The maximum absolute atomic E-state index is 12.0. The molecule has 0 radical (unpaired) electrons. The maximum atomic E-state index is 12.0. The quantitative estimate of drug-likeness (QED) is 0.746. The number of nitrogens with two attached hydrogens (primary N) is 1. The van der Waals surface area contributed by atoms with Crippen molar-refractivity contribution in [2.45, 2.75) is 64.1 Å². The number of benzene rings is 1. The van der Waals surface area contributed by atoms with Crippen molar-refractivity contribution in [2.24, 2.45) is 5.73 Å². The summed E-state index contributed by atoms with van der Waals surface area (Å²) in [5, 5.41) is 0. The van der Waals surface area contributed by atoms with E-state index in [4.69, 9.17) is 19.9 Å². The molecule has 1 fully saturated rings. The highest BCUT2D eigenvalue weighted by Crippen LogP contribution is 2.18. The number of ether oxygens (including phenoxy) is 3. The fraction of sp³-hybridized carbons (Fsp3) is 0.611. The number of rotatable bonds is 8. The average molecular weight is 321 g/mol. The Kier molecular flexibility index (Phi) is 7.52. The zero-order valence-electron chi connectivity index (χ0n) is 13.8. The van der Waals surface area contributed by atoms with Gasteiger partial charge in [-0.3, -0.25) is 4.79 Å². The molecule has 0 aromatic heterocycles. The molecular weight excluding hydrogens is 294 g/mol. The number of carbonyl (C=O) groups excluding carboxylic acids is 1. The van der Waals surface area contributed by atoms with Gasteiger partial charge in [-0.05, 0) is 31.2 Å². The molecule has 23 heavy (non-hydrogen) atoms. The van der Waals surface area contributed by atoms with E-state index >= 15 is 0 Å². The summed E-state index contributed by atoms with van der Waals surface area (Å²) in [7, 11) is 0. The number of hydrogen-bond acceptors (Lipinski definition) is 5. The molecule has 1 saturated heterocycles. The SMILES string of the molecule is CCC(OC1CCCCO1)[C@@H](N)CC(=O)OCc1ccccc1. The largest absolute Gasteiger partial charge is 0.461 e. The smallest absolute Gasteiger partial charge is 0.307 e. The van der Waals surface area contributed by atoms with Crippen LogP contribution in [-0.4, -0.2) is 31.0 Å². The lowest BCUT2D eigenvalue weighted by molar-refractivity contribution is -0.194. The Labute approximate surface area is 138 Å². The van der Waals surface area contributed by atoms with E-state index in [1.165, 1.54) is 0 Å². The molecule has 0 spiro atoms. The fourth-order valence-corrected chi connectivity index (χ4v) is 2.63. The normalized spacial score (nSPS) is 20.7. The summed E-state index contributed by atoms with van der Waals surface area (Å²) in [6, 6.07) is 9.23. The molecular formula is C18H27NO4. The number of esters is 1. The van der Waals surface area contributed by atoms with Crippen LogP contribution in [0.15, 0.2) is 30.3 Å². The number of hydrogen-bond donors (Lipinski definition) is 1. The summed E-state index contributed by atoms with van der Waals surface area (Å²) in [6.07, 6.45) is 3.58. The topological polar surface area (TPSA) is 70.8 Å². The summed E-state index contributed by atoms with van der Waals surface area (Å²) in [5.41, 5.74) is 7.10. The average Bonchev–Trinajstić information content (AvgIpc) is 2.59. The third-order valence-electron chi connectivity index (χ3n) is 3.99. The van der Waals surface area contributed by atoms with Crippen LogP contribution in [0, 0.1) is 0 Å². The molecule has 3 atom stereocenters. The molecule has 2 rings (SSSR count). The Morgan fingerprint density at radius 3 is 2.78 bits per heavy atom. The molecule has 0 amide bonds. The van der Waals surface area contributed by atoms with Crippen LogP contribution in [0.1, 0.15) is 44.6 Å². The minimum absolute atomic E-state index is 0.151. The predicted octanol–water partition coefficient (Wildman–Crippen LogP) is 2.77. The minimum Gasteiger partial charge on any atom is -0.461 e. The van der Waals surface area contributed by atoms with Crippen LogP contribution in [0.3, 0.4) is 0 Å². The Bertz CT molecular complexity index is 459. The van der Waals surface area contributed by atoms with Crippen LogP contribution in [0.5, 0.6) is 0 Å². The van der Waals surface area contributed by atoms with Crippen molar-refractivity contribution in [3.8, 4) is 0 Å². The van der Waals surface area contributed by atoms with Gasteiger partial charge in [0.25, 0.3) is 0 Å². The highest BCUT2D eigenvalue weighted by Gasteiger charge is 2.25. The molecule has 1 aromatic rings. The van der Waals surface area contributed by atoms with Crippen molar-refractivity contribution >= 4 is 5.97 Å². The van der Waals surface area contributed by atoms with E-state index in [0.29, 0.717) is 0 Å². The van der Waals surface area contributed by atoms with Gasteiger partial charge in [-0.2, -0.15) is 0 Å². The lowest BCUT2D eigenvalue weighted by Crippen LogP contribution is -2.41. The summed E-state index contributed by atoms with van der Waals surface area (Å²) in [5.74, 6) is -0.298. The first kappa shape index (κ1) is 17.9. The highest BCUT2D eigenvalue weighted by molar-refractivity contribution is 5.70. The van der Waals surface area contributed by atoms with Crippen LogP contribution in [-0.2, 0) is 25.6 Å². The van der Waals surface area contributed by atoms with E-state index in [1.54, 1.807) is 0 Å². The van der Waals surface area contributed by atoms with Crippen molar-refractivity contribution in [3.63, 3.8) is 0 Å². The molecule has 0 bridgehead atoms. The van der Waals surface area contributed by atoms with Gasteiger partial charge in [0.2, 0.25) is 0 Å². The highest BCUT2D eigenvalue weighted by atomic mass is 16.7. The first-order valence-electron chi connectivity index (χ1n) is 8.41. The van der Waals surface area contributed by atoms with Gasteiger partial charge in [0.15, 0.2) is 6.29 Å². The van der Waals surface area contributed by atoms with Gasteiger partial charge >= 0.3 is 5.97 Å². The Morgan fingerprint density at radius 1 is 1.35 bits per heavy atom. The van der Waals surface area contributed by atoms with Crippen molar-refractivity contribution in [1.82, 2.24) is 0 Å². The summed E-state index contributed by atoms with van der Waals surface area (Å²) in [4.78, 5) is 12.0. The second kappa shape index (κ2) is 9.65. The van der Waals surface area contributed by atoms with Gasteiger partial charge in [-0.1, -0.05) is 37.3 Å². The summed E-state index contributed by atoms with van der Waals surface area (Å²) >= 11 is 0.